The van der Waals surface area contributed by atoms with E-state index in [1.807, 2.05) is 6.08 Å². The summed E-state index contributed by atoms with van der Waals surface area (Å²) in [5, 5.41) is 13.7. The molecule has 0 heterocycles. The van der Waals surface area contributed by atoms with Crippen LogP contribution in [0.25, 0.3) is 0 Å². The Morgan fingerprint density at radius 2 is 0.937 bits per heavy atom. The van der Waals surface area contributed by atoms with Crippen molar-refractivity contribution in [2.45, 2.75) is 231 Å². The maximum absolute atomic E-state index is 12.8. The number of hydrogen-bond acceptors (Lipinski definition) is 6. The molecule has 0 aliphatic heterocycles. The number of rotatable bonds is 47. The van der Waals surface area contributed by atoms with Crippen molar-refractivity contribution < 1.29 is 28.4 Å². The van der Waals surface area contributed by atoms with Crippen LogP contribution in [0.2, 0.25) is 0 Å². The second-order valence-corrected chi connectivity index (χ2v) is 18.4. The lowest BCUT2D eigenvalue weighted by Gasteiger charge is -2.23. The smallest absolute Gasteiger partial charge is 0.387 e. The number of nitrogens with one attached hydrogen (secondary N) is 1. The number of phosphoric acid groups is 1. The molecule has 0 aliphatic rings. The number of hydrogen-bond donors (Lipinski definition) is 4. The molecule has 0 spiro atoms. The molecule has 3 unspecified atom stereocenters. The number of nitrogens with two attached hydrogens (primary N) is 1. The van der Waals surface area contributed by atoms with Gasteiger partial charge in [-0.05, 0) is 77.0 Å². The van der Waals surface area contributed by atoms with Gasteiger partial charge in [0.25, 0.3) is 0 Å². The van der Waals surface area contributed by atoms with E-state index in [1.54, 1.807) is 6.08 Å². The molecule has 9 heteroatoms. The molecule has 0 aromatic heterocycles. The first-order valence-electron chi connectivity index (χ1n) is 25.7. The van der Waals surface area contributed by atoms with E-state index in [9.17, 15) is 19.4 Å². The van der Waals surface area contributed by atoms with Crippen molar-refractivity contribution >= 4 is 13.7 Å². The lowest BCUT2D eigenvalue weighted by atomic mass is 10.0. The van der Waals surface area contributed by atoms with E-state index in [4.69, 9.17) is 14.8 Å². The normalized spacial score (nSPS) is 14.6. The molecule has 0 rings (SSSR count). The highest BCUT2D eigenvalue weighted by atomic mass is 31.2. The van der Waals surface area contributed by atoms with Gasteiger partial charge in [0.05, 0.1) is 25.4 Å². The van der Waals surface area contributed by atoms with Crippen LogP contribution >= 0.6 is 7.82 Å². The SMILES string of the molecule is CC/C=C\C/C=C\C/C=C\C/C=C\C/C=C\CCCCCCCCCC(=O)NC(COP(=O)(O)OCCN)C(O)/C=C/CC/C=C/CCCCCCCCCCCCCCCCC. The third-order valence-electron chi connectivity index (χ3n) is 11.0. The summed E-state index contributed by atoms with van der Waals surface area (Å²) in [7, 11) is -4.36. The first-order chi connectivity index (χ1) is 30.9. The Kier molecular flexibility index (Phi) is 47.3. The van der Waals surface area contributed by atoms with E-state index < -0.39 is 20.0 Å². The lowest BCUT2D eigenvalue weighted by molar-refractivity contribution is -0.123. The van der Waals surface area contributed by atoms with Crippen molar-refractivity contribution in [1.29, 1.82) is 0 Å². The van der Waals surface area contributed by atoms with Crippen LogP contribution in [0.1, 0.15) is 219 Å². The van der Waals surface area contributed by atoms with Gasteiger partial charge in [-0.2, -0.15) is 0 Å². The first-order valence-corrected chi connectivity index (χ1v) is 27.2. The summed E-state index contributed by atoms with van der Waals surface area (Å²) in [5.41, 5.74) is 5.39. The number of aliphatic hydroxyl groups is 1. The van der Waals surface area contributed by atoms with Crippen LogP contribution in [-0.4, -0.2) is 47.8 Å². The molecule has 1 amide bonds. The quantitative estimate of drug-likeness (QED) is 0.0272. The van der Waals surface area contributed by atoms with Gasteiger partial charge in [-0.15, -0.1) is 0 Å². The van der Waals surface area contributed by atoms with Gasteiger partial charge in [-0.1, -0.05) is 221 Å². The standard InChI is InChI=1S/C54H97N2O6P/c1-3-5-7-9-11-13-15-17-19-21-23-25-26-28-30-32-34-36-38-40-42-44-46-48-54(58)56-52(51-62-63(59,60)61-50-49-55)53(57)47-45-43-41-39-37-35-33-31-29-27-24-22-20-18-16-14-12-10-8-6-4-2/h5,7,11,13,17,19,23,25,28,30,37,39,45,47,52-53,57H,3-4,6,8-10,12,14-16,18,20-22,24,26-27,29,31-36,38,40-44,46,48-51,55H2,1-2H3,(H,56,58)(H,59,60)/b7-5-,13-11-,19-17-,25-23-,30-28-,39-37+,47-45+. The number of allylic oxidation sites excluding steroid dienone is 13. The van der Waals surface area contributed by atoms with E-state index in [0.717, 1.165) is 83.5 Å². The van der Waals surface area contributed by atoms with Crippen LogP contribution in [-0.2, 0) is 18.4 Å². The summed E-state index contributed by atoms with van der Waals surface area (Å²) in [5.74, 6) is -0.217. The third kappa shape index (κ3) is 47.5. The number of aliphatic hydroxyl groups excluding tert-OH is 1. The van der Waals surface area contributed by atoms with Gasteiger partial charge in [-0.25, -0.2) is 4.57 Å². The number of carbonyl (C=O) groups is 1. The van der Waals surface area contributed by atoms with Gasteiger partial charge in [-0.3, -0.25) is 13.8 Å². The van der Waals surface area contributed by atoms with Crippen molar-refractivity contribution in [1.82, 2.24) is 5.32 Å². The summed E-state index contributed by atoms with van der Waals surface area (Å²) >= 11 is 0. The molecule has 0 saturated carbocycles. The van der Waals surface area contributed by atoms with Crippen LogP contribution in [0.4, 0.5) is 0 Å². The molecule has 8 nitrogen and oxygen atoms in total. The van der Waals surface area contributed by atoms with Gasteiger partial charge in [0, 0.05) is 13.0 Å². The summed E-state index contributed by atoms with van der Waals surface area (Å²) in [6.07, 6.45) is 66.5. The summed E-state index contributed by atoms with van der Waals surface area (Å²) in [6.45, 7) is 4.00. The van der Waals surface area contributed by atoms with Crippen LogP contribution in [0.5, 0.6) is 0 Å². The average molecular weight is 901 g/mol. The Hall–Kier alpha value is -2.32. The van der Waals surface area contributed by atoms with Gasteiger partial charge >= 0.3 is 7.82 Å². The highest BCUT2D eigenvalue weighted by Crippen LogP contribution is 2.43. The summed E-state index contributed by atoms with van der Waals surface area (Å²) in [6, 6.07) is -0.890. The fraction of sp³-hybridized carbons (Fsp3) is 0.722. The molecule has 364 valence electrons. The lowest BCUT2D eigenvalue weighted by Crippen LogP contribution is -2.45. The second kappa shape index (κ2) is 49.1. The predicted octanol–water partition coefficient (Wildman–Crippen LogP) is 15.3. The number of amides is 1. The van der Waals surface area contributed by atoms with Crippen molar-refractivity contribution in [3.8, 4) is 0 Å². The maximum atomic E-state index is 12.8. The largest absolute Gasteiger partial charge is 0.472 e. The molecule has 0 aromatic carbocycles. The van der Waals surface area contributed by atoms with Crippen LogP contribution in [0, 0.1) is 0 Å². The van der Waals surface area contributed by atoms with E-state index >= 15 is 0 Å². The monoisotopic (exact) mass is 901 g/mol. The highest BCUT2D eigenvalue weighted by Gasteiger charge is 2.26. The fourth-order valence-electron chi connectivity index (χ4n) is 7.12. The van der Waals surface area contributed by atoms with E-state index in [1.165, 1.54) is 116 Å². The Labute approximate surface area is 388 Å². The van der Waals surface area contributed by atoms with Crippen LogP contribution in [0.3, 0.4) is 0 Å². The van der Waals surface area contributed by atoms with Gasteiger partial charge in [0.15, 0.2) is 0 Å². The molecular weight excluding hydrogens is 804 g/mol. The van der Waals surface area contributed by atoms with E-state index in [0.29, 0.717) is 6.42 Å². The zero-order valence-electron chi connectivity index (χ0n) is 40.5. The first kappa shape index (κ1) is 60.7. The minimum Gasteiger partial charge on any atom is -0.387 e. The highest BCUT2D eigenvalue weighted by molar-refractivity contribution is 7.47. The molecule has 0 aromatic rings. The van der Waals surface area contributed by atoms with Gasteiger partial charge < -0.3 is 21.1 Å². The minimum atomic E-state index is -4.36. The molecule has 0 fully saturated rings. The molecule has 3 atom stereocenters. The Morgan fingerprint density at radius 3 is 1.41 bits per heavy atom. The van der Waals surface area contributed by atoms with Crippen molar-refractivity contribution in [2.75, 3.05) is 19.8 Å². The van der Waals surface area contributed by atoms with Gasteiger partial charge in [0.1, 0.15) is 0 Å². The van der Waals surface area contributed by atoms with Crippen molar-refractivity contribution in [2.24, 2.45) is 5.73 Å². The number of carbonyl (C=O) groups excluding carboxylic acids is 1. The molecule has 0 bridgehead atoms. The molecular formula is C54H97N2O6P. The molecule has 63 heavy (non-hydrogen) atoms. The Morgan fingerprint density at radius 1 is 0.540 bits per heavy atom. The Bertz CT molecular complexity index is 1260. The predicted molar refractivity (Wildman–Crippen MR) is 272 cm³/mol. The fourth-order valence-corrected chi connectivity index (χ4v) is 7.88. The van der Waals surface area contributed by atoms with Crippen LogP contribution in [0.15, 0.2) is 85.1 Å². The van der Waals surface area contributed by atoms with Crippen LogP contribution < -0.4 is 11.1 Å². The van der Waals surface area contributed by atoms with Gasteiger partial charge in [0.2, 0.25) is 5.91 Å². The zero-order chi connectivity index (χ0) is 46.0. The van der Waals surface area contributed by atoms with E-state index in [-0.39, 0.29) is 25.7 Å². The maximum Gasteiger partial charge on any atom is 0.472 e. The molecule has 5 N–H and O–H groups in total. The Balaban J connectivity index is 4.19. The number of phosphoric ester groups is 1. The minimum absolute atomic E-state index is 0.0679. The zero-order valence-corrected chi connectivity index (χ0v) is 41.4. The third-order valence-corrected chi connectivity index (χ3v) is 11.9. The average Bonchev–Trinajstić information content (AvgIpc) is 3.27. The second-order valence-electron chi connectivity index (χ2n) is 17.0. The van der Waals surface area contributed by atoms with Crippen molar-refractivity contribution in [3.05, 3.63) is 85.1 Å². The molecule has 0 aliphatic carbocycles. The number of unbranched alkanes of at least 4 members (excludes halogenated alkanes) is 23. The van der Waals surface area contributed by atoms with Crippen molar-refractivity contribution in [3.63, 3.8) is 0 Å². The summed E-state index contributed by atoms with van der Waals surface area (Å²) < 4.78 is 22.2. The molecule has 0 saturated heterocycles. The summed E-state index contributed by atoms with van der Waals surface area (Å²) in [4.78, 5) is 22.8. The molecule has 0 radical (unpaired) electrons. The van der Waals surface area contributed by atoms with E-state index in [2.05, 4.69) is 92.1 Å². The topological polar surface area (TPSA) is 131 Å².